The fourth-order valence-electron chi connectivity index (χ4n) is 1.37. The smallest absolute Gasteiger partial charge is 0.355 e. The molecule has 0 spiro atoms. The van der Waals surface area contributed by atoms with Gasteiger partial charge in [-0.15, -0.1) is 0 Å². The van der Waals surface area contributed by atoms with E-state index in [0.29, 0.717) is 9.92 Å². The fourth-order valence-corrected chi connectivity index (χ4v) is 2.43. The second-order valence-corrected chi connectivity index (χ2v) is 4.89. The molecule has 1 aromatic heterocycles. The van der Waals surface area contributed by atoms with Crippen LogP contribution in [0, 0.1) is 0 Å². The fraction of sp³-hybridized carbons (Fsp3) is 0.0909. The molecule has 88 valence electrons. The van der Waals surface area contributed by atoms with Gasteiger partial charge in [0.05, 0.1) is 11.1 Å². The van der Waals surface area contributed by atoms with Crippen LogP contribution in [0.3, 0.4) is 0 Å². The van der Waals surface area contributed by atoms with Gasteiger partial charge < -0.3 is 5.11 Å². The van der Waals surface area contributed by atoms with E-state index in [1.54, 1.807) is 25.4 Å². The quantitative estimate of drug-likeness (QED) is 0.930. The Morgan fingerprint density at radius 3 is 2.65 bits per heavy atom. The number of halogens is 1. The summed E-state index contributed by atoms with van der Waals surface area (Å²) in [6, 6.07) is 7.21. The standard InChI is InChI=1S/C11H9ClN2O2S/c1-14-10(11(15)16)9(6-13-14)17-8-4-2-7(12)3-5-8/h2-6H,1H3,(H,15,16). The van der Waals surface area contributed by atoms with Gasteiger partial charge in [-0.05, 0) is 24.3 Å². The number of rotatable bonds is 3. The Bertz CT molecular complexity index is 551. The molecule has 0 fully saturated rings. The van der Waals surface area contributed by atoms with Crippen molar-refractivity contribution in [2.75, 3.05) is 0 Å². The lowest BCUT2D eigenvalue weighted by molar-refractivity contribution is 0.0681. The largest absolute Gasteiger partial charge is 0.476 e. The molecule has 1 heterocycles. The summed E-state index contributed by atoms with van der Waals surface area (Å²) in [4.78, 5) is 12.6. The first kappa shape index (κ1) is 12.0. The highest BCUT2D eigenvalue weighted by atomic mass is 35.5. The minimum absolute atomic E-state index is 0.185. The number of aromatic carboxylic acids is 1. The van der Waals surface area contributed by atoms with Crippen LogP contribution in [0.5, 0.6) is 0 Å². The van der Waals surface area contributed by atoms with Gasteiger partial charge in [0.1, 0.15) is 0 Å². The van der Waals surface area contributed by atoms with Gasteiger partial charge in [0.25, 0.3) is 0 Å². The van der Waals surface area contributed by atoms with Gasteiger partial charge in [0.15, 0.2) is 5.69 Å². The Kier molecular flexibility index (Phi) is 3.40. The van der Waals surface area contributed by atoms with Gasteiger partial charge >= 0.3 is 5.97 Å². The molecule has 2 rings (SSSR count). The molecule has 0 saturated heterocycles. The molecule has 0 radical (unpaired) electrons. The van der Waals surface area contributed by atoms with Crippen LogP contribution in [0.4, 0.5) is 0 Å². The van der Waals surface area contributed by atoms with E-state index in [1.807, 2.05) is 12.1 Å². The number of aromatic nitrogens is 2. The van der Waals surface area contributed by atoms with Gasteiger partial charge in [-0.3, -0.25) is 4.68 Å². The molecule has 4 nitrogen and oxygen atoms in total. The van der Waals surface area contributed by atoms with Crippen molar-refractivity contribution in [1.29, 1.82) is 0 Å². The number of aryl methyl sites for hydroxylation is 1. The Balaban J connectivity index is 2.30. The Morgan fingerprint density at radius 1 is 1.41 bits per heavy atom. The molecule has 17 heavy (non-hydrogen) atoms. The van der Waals surface area contributed by atoms with Gasteiger partial charge in [-0.1, -0.05) is 23.4 Å². The lowest BCUT2D eigenvalue weighted by Crippen LogP contribution is -2.06. The predicted molar refractivity (Wildman–Crippen MR) is 65.7 cm³/mol. The van der Waals surface area contributed by atoms with Crippen LogP contribution in [0.15, 0.2) is 40.3 Å². The molecule has 6 heteroatoms. The summed E-state index contributed by atoms with van der Waals surface area (Å²) >= 11 is 7.13. The number of carbonyl (C=O) groups is 1. The summed E-state index contributed by atoms with van der Waals surface area (Å²) in [5.74, 6) is -0.985. The SMILES string of the molecule is Cn1ncc(Sc2ccc(Cl)cc2)c1C(=O)O. The highest BCUT2D eigenvalue weighted by molar-refractivity contribution is 7.99. The molecule has 0 unspecified atom stereocenters. The first-order chi connectivity index (χ1) is 8.08. The predicted octanol–water partition coefficient (Wildman–Crippen LogP) is 2.92. The molecule has 0 aliphatic carbocycles. The van der Waals surface area contributed by atoms with Crippen molar-refractivity contribution in [2.24, 2.45) is 7.05 Å². The average Bonchev–Trinajstić information content (AvgIpc) is 2.63. The van der Waals surface area contributed by atoms with Crippen molar-refractivity contribution in [1.82, 2.24) is 9.78 Å². The monoisotopic (exact) mass is 268 g/mol. The first-order valence-electron chi connectivity index (χ1n) is 4.76. The molecule has 1 N–H and O–H groups in total. The number of benzene rings is 1. The molecular weight excluding hydrogens is 260 g/mol. The third-order valence-corrected chi connectivity index (χ3v) is 3.43. The van der Waals surface area contributed by atoms with Crippen LogP contribution in [0.2, 0.25) is 5.02 Å². The Morgan fingerprint density at radius 2 is 2.06 bits per heavy atom. The number of carboxylic acids is 1. The zero-order valence-electron chi connectivity index (χ0n) is 8.92. The zero-order chi connectivity index (χ0) is 12.4. The maximum Gasteiger partial charge on any atom is 0.355 e. The summed E-state index contributed by atoms with van der Waals surface area (Å²) in [5.41, 5.74) is 0.185. The van der Waals surface area contributed by atoms with Gasteiger partial charge in [0.2, 0.25) is 0 Å². The molecule has 0 atom stereocenters. The van der Waals surface area contributed by atoms with E-state index >= 15 is 0 Å². The van der Waals surface area contributed by atoms with E-state index in [2.05, 4.69) is 5.10 Å². The molecule has 1 aromatic carbocycles. The van der Waals surface area contributed by atoms with Crippen molar-refractivity contribution in [3.63, 3.8) is 0 Å². The van der Waals surface area contributed by atoms with Gasteiger partial charge in [-0.2, -0.15) is 5.10 Å². The second kappa shape index (κ2) is 4.81. The molecule has 0 aliphatic heterocycles. The number of hydrogen-bond acceptors (Lipinski definition) is 3. The highest BCUT2D eigenvalue weighted by Crippen LogP contribution is 2.30. The lowest BCUT2D eigenvalue weighted by atomic mass is 10.4. The van der Waals surface area contributed by atoms with Crippen LogP contribution >= 0.6 is 23.4 Å². The third-order valence-electron chi connectivity index (χ3n) is 2.15. The molecule has 0 bridgehead atoms. The third kappa shape index (κ3) is 2.62. The summed E-state index contributed by atoms with van der Waals surface area (Å²) in [7, 11) is 1.61. The maximum absolute atomic E-state index is 11.1. The number of carboxylic acid groups (broad SMARTS) is 1. The molecule has 0 aliphatic rings. The van der Waals surface area contributed by atoms with E-state index in [4.69, 9.17) is 16.7 Å². The molecule has 0 amide bonds. The zero-order valence-corrected chi connectivity index (χ0v) is 10.5. The van der Waals surface area contributed by atoms with E-state index in [9.17, 15) is 4.79 Å². The Hall–Kier alpha value is -1.46. The van der Waals surface area contributed by atoms with Crippen molar-refractivity contribution < 1.29 is 9.90 Å². The van der Waals surface area contributed by atoms with Crippen molar-refractivity contribution >= 4 is 29.3 Å². The number of nitrogens with zero attached hydrogens (tertiary/aromatic N) is 2. The van der Waals surface area contributed by atoms with E-state index in [1.165, 1.54) is 16.4 Å². The van der Waals surface area contributed by atoms with Crippen LogP contribution in [0.1, 0.15) is 10.5 Å². The summed E-state index contributed by atoms with van der Waals surface area (Å²) in [6.45, 7) is 0. The lowest BCUT2D eigenvalue weighted by Gasteiger charge is -2.01. The normalized spacial score (nSPS) is 10.5. The first-order valence-corrected chi connectivity index (χ1v) is 5.96. The minimum atomic E-state index is -0.985. The summed E-state index contributed by atoms with van der Waals surface area (Å²) in [5, 5.41) is 13.7. The Labute approximate surface area is 107 Å². The summed E-state index contributed by atoms with van der Waals surface area (Å²) in [6.07, 6.45) is 1.54. The number of hydrogen-bond donors (Lipinski definition) is 1. The molecule has 2 aromatic rings. The van der Waals surface area contributed by atoms with Crippen LogP contribution < -0.4 is 0 Å². The van der Waals surface area contributed by atoms with Crippen molar-refractivity contribution in [2.45, 2.75) is 9.79 Å². The highest BCUT2D eigenvalue weighted by Gasteiger charge is 2.16. The molecule has 0 saturated carbocycles. The van der Waals surface area contributed by atoms with Crippen LogP contribution in [-0.2, 0) is 7.05 Å². The topological polar surface area (TPSA) is 55.1 Å². The van der Waals surface area contributed by atoms with E-state index in [-0.39, 0.29) is 5.69 Å². The second-order valence-electron chi connectivity index (χ2n) is 3.34. The van der Waals surface area contributed by atoms with Gasteiger partial charge in [-0.25, -0.2) is 4.79 Å². The van der Waals surface area contributed by atoms with Gasteiger partial charge in [0, 0.05) is 17.0 Å². The van der Waals surface area contributed by atoms with Crippen LogP contribution in [-0.4, -0.2) is 20.9 Å². The summed E-state index contributed by atoms with van der Waals surface area (Å²) < 4.78 is 1.35. The maximum atomic E-state index is 11.1. The van der Waals surface area contributed by atoms with Crippen molar-refractivity contribution in [3.8, 4) is 0 Å². The van der Waals surface area contributed by atoms with E-state index < -0.39 is 5.97 Å². The minimum Gasteiger partial charge on any atom is -0.476 e. The van der Waals surface area contributed by atoms with Crippen molar-refractivity contribution in [3.05, 3.63) is 41.2 Å². The van der Waals surface area contributed by atoms with Crippen LogP contribution in [0.25, 0.3) is 0 Å². The van der Waals surface area contributed by atoms with E-state index in [0.717, 1.165) is 4.90 Å². The molecular formula is C11H9ClN2O2S. The average molecular weight is 269 g/mol.